The van der Waals surface area contributed by atoms with Gasteiger partial charge in [-0.25, -0.2) is 4.90 Å². The van der Waals surface area contributed by atoms with Crippen molar-refractivity contribution < 1.29 is 23.9 Å². The Morgan fingerprint density at radius 1 is 0.844 bits per heavy atom. The maximum absolute atomic E-state index is 13.9. The minimum absolute atomic E-state index is 0.104. The Kier molecular flexibility index (Phi) is 3.24. The average Bonchev–Trinajstić information content (AvgIpc) is 3.41. The summed E-state index contributed by atoms with van der Waals surface area (Å²) in [7, 11) is 0. The van der Waals surface area contributed by atoms with Crippen LogP contribution in [0.2, 0.25) is 0 Å². The van der Waals surface area contributed by atoms with Crippen LogP contribution in [0.3, 0.4) is 0 Å². The zero-order chi connectivity index (χ0) is 21.6. The Labute approximate surface area is 183 Å². The highest BCUT2D eigenvalue weighted by Crippen LogP contribution is 2.63. The lowest BCUT2D eigenvalue weighted by atomic mass is 9.48. The first-order valence-corrected chi connectivity index (χ1v) is 10.6. The molecule has 1 saturated heterocycles. The van der Waals surface area contributed by atoms with E-state index in [9.17, 15) is 14.4 Å². The highest BCUT2D eigenvalue weighted by Gasteiger charge is 2.68. The number of carbonyl (C=O) groups is 3. The van der Waals surface area contributed by atoms with Gasteiger partial charge < -0.3 is 14.3 Å². The third-order valence-electron chi connectivity index (χ3n) is 7.48. The van der Waals surface area contributed by atoms with Gasteiger partial charge in [0.25, 0.3) is 0 Å². The predicted octanol–water partition coefficient (Wildman–Crippen LogP) is 3.17. The molecule has 0 N–H and O–H groups in total. The molecule has 2 heterocycles. The molecular formula is C26H17NO5. The molecule has 32 heavy (non-hydrogen) atoms. The molecule has 2 bridgehead atoms. The van der Waals surface area contributed by atoms with Gasteiger partial charge in [0.05, 0.1) is 22.9 Å². The second kappa shape index (κ2) is 5.85. The van der Waals surface area contributed by atoms with Gasteiger partial charge in [0.2, 0.25) is 18.6 Å². The van der Waals surface area contributed by atoms with Crippen molar-refractivity contribution in [2.45, 2.75) is 11.3 Å². The number of imide groups is 1. The number of amides is 2. The molecule has 0 radical (unpaired) electrons. The first-order chi connectivity index (χ1) is 15.7. The summed E-state index contributed by atoms with van der Waals surface area (Å²) in [6.07, 6.45) is 0.881. The Morgan fingerprint density at radius 3 is 2.19 bits per heavy atom. The van der Waals surface area contributed by atoms with E-state index in [0.717, 1.165) is 28.5 Å². The number of anilines is 1. The number of aldehydes is 1. The molecule has 6 nitrogen and oxygen atoms in total. The molecule has 5 aliphatic rings. The van der Waals surface area contributed by atoms with Crippen molar-refractivity contribution in [3.05, 3.63) is 89.0 Å². The number of benzene rings is 3. The minimum atomic E-state index is -1.19. The monoisotopic (exact) mass is 423 g/mol. The summed E-state index contributed by atoms with van der Waals surface area (Å²) in [5.74, 6) is -1.24. The number of nitrogens with zero attached hydrogens (tertiary/aromatic N) is 1. The van der Waals surface area contributed by atoms with Gasteiger partial charge in [-0.1, -0.05) is 48.5 Å². The van der Waals surface area contributed by atoms with E-state index in [1.807, 2.05) is 48.5 Å². The van der Waals surface area contributed by atoms with Crippen LogP contribution in [-0.2, 0) is 19.8 Å². The Balaban J connectivity index is 1.48. The maximum Gasteiger partial charge on any atom is 0.239 e. The molecule has 3 aromatic carbocycles. The van der Waals surface area contributed by atoms with Crippen molar-refractivity contribution in [1.82, 2.24) is 0 Å². The lowest BCUT2D eigenvalue weighted by Gasteiger charge is -2.51. The van der Waals surface area contributed by atoms with Crippen molar-refractivity contribution in [3.8, 4) is 11.5 Å². The van der Waals surface area contributed by atoms with Gasteiger partial charge in [0, 0.05) is 12.0 Å². The molecule has 3 aliphatic carbocycles. The van der Waals surface area contributed by atoms with Gasteiger partial charge in [0.15, 0.2) is 11.5 Å². The van der Waals surface area contributed by atoms with Crippen LogP contribution in [0.4, 0.5) is 5.69 Å². The molecule has 2 unspecified atom stereocenters. The summed E-state index contributed by atoms with van der Waals surface area (Å²) in [6.45, 7) is 0.104. The molecule has 2 aliphatic heterocycles. The van der Waals surface area contributed by atoms with Gasteiger partial charge in [-0.15, -0.1) is 0 Å². The fourth-order valence-electron chi connectivity index (χ4n) is 6.31. The zero-order valence-electron chi connectivity index (χ0n) is 16.9. The van der Waals surface area contributed by atoms with E-state index >= 15 is 0 Å². The molecular weight excluding hydrogens is 406 g/mol. The van der Waals surface area contributed by atoms with Gasteiger partial charge in [0.1, 0.15) is 6.29 Å². The number of fused-ring (bicyclic) bond motifs is 1. The first kappa shape index (κ1) is 17.7. The second-order valence-corrected chi connectivity index (χ2v) is 8.69. The number of rotatable bonds is 2. The van der Waals surface area contributed by atoms with Crippen molar-refractivity contribution >= 4 is 23.8 Å². The predicted molar refractivity (Wildman–Crippen MR) is 114 cm³/mol. The lowest BCUT2D eigenvalue weighted by molar-refractivity contribution is -0.128. The van der Waals surface area contributed by atoms with Crippen LogP contribution >= 0.6 is 0 Å². The molecule has 6 heteroatoms. The van der Waals surface area contributed by atoms with Crippen LogP contribution in [0.1, 0.15) is 28.2 Å². The summed E-state index contributed by atoms with van der Waals surface area (Å²) in [5.41, 5.74) is 2.81. The summed E-state index contributed by atoms with van der Waals surface area (Å²) in [6, 6.07) is 20.5. The van der Waals surface area contributed by atoms with Crippen LogP contribution in [0.15, 0.2) is 66.7 Å². The van der Waals surface area contributed by atoms with Crippen molar-refractivity contribution in [1.29, 1.82) is 0 Å². The highest BCUT2D eigenvalue weighted by atomic mass is 16.7. The molecule has 8 rings (SSSR count). The highest BCUT2D eigenvalue weighted by molar-refractivity contribution is 6.25. The van der Waals surface area contributed by atoms with Crippen LogP contribution in [0.5, 0.6) is 11.5 Å². The van der Waals surface area contributed by atoms with Gasteiger partial charge >= 0.3 is 0 Å². The molecule has 2 amide bonds. The molecule has 0 aromatic heterocycles. The SMILES string of the molecule is O=CC12c3ccccc3C(c3ccccc31)C1C(=O)N(c3ccc4c(c3)OCO4)C(=O)C12. The van der Waals surface area contributed by atoms with E-state index in [1.54, 1.807) is 18.2 Å². The van der Waals surface area contributed by atoms with E-state index in [-0.39, 0.29) is 24.5 Å². The topological polar surface area (TPSA) is 72.9 Å². The fourth-order valence-corrected chi connectivity index (χ4v) is 6.31. The first-order valence-electron chi connectivity index (χ1n) is 10.6. The molecule has 0 saturated carbocycles. The largest absolute Gasteiger partial charge is 0.454 e. The molecule has 3 aromatic rings. The maximum atomic E-state index is 13.9. The molecule has 0 spiro atoms. The van der Waals surface area contributed by atoms with E-state index in [2.05, 4.69) is 0 Å². The second-order valence-electron chi connectivity index (χ2n) is 8.69. The number of ether oxygens (including phenoxy) is 2. The molecule has 2 atom stereocenters. The van der Waals surface area contributed by atoms with Crippen LogP contribution in [-0.4, -0.2) is 24.9 Å². The van der Waals surface area contributed by atoms with E-state index in [4.69, 9.17) is 9.47 Å². The number of carbonyl (C=O) groups excluding carboxylic acids is 3. The smallest absolute Gasteiger partial charge is 0.239 e. The van der Waals surface area contributed by atoms with Crippen LogP contribution in [0.25, 0.3) is 0 Å². The summed E-state index contributed by atoms with van der Waals surface area (Å²) >= 11 is 0. The average molecular weight is 423 g/mol. The standard InChI is InChI=1S/C26H17NO5/c28-12-26-17-7-3-1-5-15(17)21(16-6-2-4-8-18(16)26)22-23(26)25(30)27(24(22)29)14-9-10-19-20(11-14)32-13-31-19/h1-12,21-23H,13H2. The van der Waals surface area contributed by atoms with E-state index < -0.39 is 17.3 Å². The Morgan fingerprint density at radius 2 is 1.50 bits per heavy atom. The normalized spacial score (nSPS) is 28.4. The number of hydrogen-bond acceptors (Lipinski definition) is 5. The fraction of sp³-hybridized carbons (Fsp3) is 0.192. The van der Waals surface area contributed by atoms with E-state index in [0.29, 0.717) is 17.2 Å². The third kappa shape index (κ3) is 1.85. The van der Waals surface area contributed by atoms with Crippen molar-refractivity contribution in [2.24, 2.45) is 11.8 Å². The molecule has 156 valence electrons. The van der Waals surface area contributed by atoms with Crippen LogP contribution in [0, 0.1) is 11.8 Å². The van der Waals surface area contributed by atoms with E-state index in [1.165, 1.54) is 4.90 Å². The summed E-state index contributed by atoms with van der Waals surface area (Å²) < 4.78 is 10.8. The Bertz CT molecular complexity index is 1310. The minimum Gasteiger partial charge on any atom is -0.454 e. The lowest BCUT2D eigenvalue weighted by Crippen LogP contribution is -2.54. The van der Waals surface area contributed by atoms with Gasteiger partial charge in [-0.05, 0) is 34.4 Å². The zero-order valence-corrected chi connectivity index (χ0v) is 16.9. The quantitative estimate of drug-likeness (QED) is 0.468. The van der Waals surface area contributed by atoms with Crippen molar-refractivity contribution in [2.75, 3.05) is 11.7 Å². The van der Waals surface area contributed by atoms with Crippen LogP contribution < -0.4 is 14.4 Å². The van der Waals surface area contributed by atoms with Gasteiger partial charge in [-0.3, -0.25) is 9.59 Å². The number of hydrogen-bond donors (Lipinski definition) is 0. The Hall–Kier alpha value is -3.93. The summed E-state index contributed by atoms with van der Waals surface area (Å²) in [5, 5.41) is 0. The molecule has 1 fully saturated rings. The summed E-state index contributed by atoms with van der Waals surface area (Å²) in [4.78, 5) is 41.9. The van der Waals surface area contributed by atoms with Crippen molar-refractivity contribution in [3.63, 3.8) is 0 Å². The third-order valence-corrected chi connectivity index (χ3v) is 7.48. The van der Waals surface area contributed by atoms with Gasteiger partial charge in [-0.2, -0.15) is 0 Å².